The molecule has 0 radical (unpaired) electrons. The summed E-state index contributed by atoms with van der Waals surface area (Å²) in [5, 5.41) is 54.3. The van der Waals surface area contributed by atoms with E-state index in [1.54, 1.807) is 116 Å². The lowest BCUT2D eigenvalue weighted by Gasteiger charge is -2.30. The topological polar surface area (TPSA) is 574 Å². The summed E-state index contributed by atoms with van der Waals surface area (Å²) in [5.41, 5.74) is 21.1. The van der Waals surface area contributed by atoms with Crippen LogP contribution in [-0.4, -0.2) is 214 Å². The maximum Gasteiger partial charge on any atom is 0.327 e. The zero-order valence-corrected chi connectivity index (χ0v) is 64.2. The van der Waals surface area contributed by atoms with Gasteiger partial charge < -0.3 is 106 Å². The number of nitrogens with zero attached hydrogens (tertiary/aromatic N) is 2. The van der Waals surface area contributed by atoms with Crippen LogP contribution in [0, 0.1) is 23.7 Å². The van der Waals surface area contributed by atoms with E-state index in [1.165, 1.54) is 25.0 Å². The molecule has 6 aromatic rings. The molecule has 0 spiro atoms. The average molecular weight is 1570 g/mol. The SMILES string of the molecule is CC(C)C[C@@H]1NC(=O)[C@H](CC(=O)O)NC(=O)[C@H](Cc2c[nH]c3ccccc23)NC(=O)[C@H](Cc2cnc[nH]2)NC(=O)[C@@H](N)CSSC[C@@H](C(=O)O)NC(=O)[C@H](C(C)C)NC(=O)[C@H](Cc2c[nH]c3ccccc23)NC(=O)[C@H](Cc2cnc[nH]2)NC(=O)[C@H](CCCNC(N)N)NC(=O)[C@H](C(C)C)NC(=O)[C@H](CC(C)C)NC1=O. The van der Waals surface area contributed by atoms with E-state index >= 15 is 4.79 Å². The predicted octanol–water partition coefficient (Wildman–Crippen LogP) is -1.04. The summed E-state index contributed by atoms with van der Waals surface area (Å²) in [7, 11) is 1.89. The van der Waals surface area contributed by atoms with Crippen LogP contribution in [0.15, 0.2) is 86.0 Å². The van der Waals surface area contributed by atoms with Crippen LogP contribution < -0.4 is 81.0 Å². The lowest BCUT2D eigenvalue weighted by atomic mass is 9.98. The zero-order valence-electron chi connectivity index (χ0n) is 62.5. The van der Waals surface area contributed by atoms with E-state index < -0.39 is 174 Å². The quantitative estimate of drug-likeness (QED) is 0.0219. The summed E-state index contributed by atoms with van der Waals surface area (Å²) < 4.78 is 0. The first-order valence-electron chi connectivity index (χ1n) is 36.3. The summed E-state index contributed by atoms with van der Waals surface area (Å²) in [6, 6.07) is -4.07. The summed E-state index contributed by atoms with van der Waals surface area (Å²) >= 11 is 0. The molecule has 2 aromatic carbocycles. The number of rotatable bonds is 22. The molecule has 1 aliphatic heterocycles. The van der Waals surface area contributed by atoms with Crippen LogP contribution in [0.4, 0.5) is 0 Å². The largest absolute Gasteiger partial charge is 0.481 e. The van der Waals surface area contributed by atoms with Gasteiger partial charge in [0.2, 0.25) is 65.0 Å². The van der Waals surface area contributed by atoms with Gasteiger partial charge in [-0.15, -0.1) is 0 Å². The summed E-state index contributed by atoms with van der Waals surface area (Å²) in [6.07, 6.45) is 5.62. The number of aromatic nitrogens is 6. The van der Waals surface area contributed by atoms with E-state index in [0.717, 1.165) is 21.6 Å². The highest BCUT2D eigenvalue weighted by Crippen LogP contribution is 2.25. The number of aromatic amines is 4. The standard InChI is InChI=1S/C72H103N21O15S2/c1-35(2)20-49-62(98)86-50(21-36(3)4)67(103)92-58(37(5)6)69(105)83-48(18-13-19-78-72(74)75)61(97)89-54(25-42-30-77-34-82-42)65(101)88-52(23-40-28-80-47-17-12-10-15-44(40)47)68(104)93-59(38(7)8)70(106)91-56(71(107)108)32-110-109-31-45(73)60(96)84-53(24-41-29-76-33-81-41)64(100)87-51(22-39-27-79-46-16-11-9-14-43(39)46)63(99)90-55(26-57(94)95)66(102)85-49/h9-12,14-17,27-30,33-38,45,48-56,58-59,72,78-80H,13,18-26,31-32,73-75H2,1-8H3,(H,76,81)(H,77,82)(H,83,105)(H,84,96)(H,85,102)(H,86,98)(H,87,100)(H,88,101)(H,89,97)(H,90,99)(H,91,106)(H,92,103)(H,93,104)(H,94,95)(H,107,108)/t45-,48-,49-,50-,51-,52-,53-,54-,55-,56-,58-,59-/m0/s1. The number of imidazole rings is 2. The maximum atomic E-state index is 15.1. The van der Waals surface area contributed by atoms with Crippen LogP contribution in [0.25, 0.3) is 21.8 Å². The van der Waals surface area contributed by atoms with Crippen LogP contribution in [-0.2, 0) is 88.0 Å². The van der Waals surface area contributed by atoms with E-state index in [1.807, 2.05) is 0 Å². The van der Waals surface area contributed by atoms with Gasteiger partial charge in [0.15, 0.2) is 0 Å². The second kappa shape index (κ2) is 42.0. The minimum absolute atomic E-state index is 0.0305. The van der Waals surface area contributed by atoms with Crippen molar-refractivity contribution >= 4 is 120 Å². The van der Waals surface area contributed by atoms with Gasteiger partial charge in [-0.25, -0.2) is 14.8 Å². The molecule has 38 heteroatoms. The van der Waals surface area contributed by atoms with Crippen molar-refractivity contribution in [2.75, 3.05) is 18.1 Å². The Morgan fingerprint density at radius 1 is 0.473 bits per heavy atom. The number of carbonyl (C=O) groups is 13. The number of aliphatic carboxylic acids is 2. The highest BCUT2D eigenvalue weighted by Gasteiger charge is 2.39. The first-order valence-corrected chi connectivity index (χ1v) is 38.8. The van der Waals surface area contributed by atoms with Gasteiger partial charge in [-0.1, -0.05) is 113 Å². The lowest BCUT2D eigenvalue weighted by Crippen LogP contribution is -2.62. The molecule has 0 saturated carbocycles. The number of hydrogen-bond acceptors (Lipinski definition) is 21. The molecule has 0 bridgehead atoms. The molecule has 7 rings (SSSR count). The van der Waals surface area contributed by atoms with Crippen molar-refractivity contribution in [3.8, 4) is 0 Å². The highest BCUT2D eigenvalue weighted by molar-refractivity contribution is 8.76. The Hall–Kier alpha value is -10.4. The van der Waals surface area contributed by atoms with Crippen molar-refractivity contribution in [3.63, 3.8) is 0 Å². The van der Waals surface area contributed by atoms with Crippen LogP contribution >= 0.6 is 21.6 Å². The van der Waals surface area contributed by atoms with Gasteiger partial charge in [-0.2, -0.15) is 0 Å². The molecule has 1 fully saturated rings. The Labute approximate surface area is 642 Å². The fourth-order valence-corrected chi connectivity index (χ4v) is 14.5. The minimum Gasteiger partial charge on any atom is -0.481 e. The van der Waals surface area contributed by atoms with Crippen molar-refractivity contribution in [2.45, 2.75) is 192 Å². The number of nitrogens with two attached hydrogens (primary N) is 3. The number of carbonyl (C=O) groups excluding carboxylic acids is 11. The lowest BCUT2D eigenvalue weighted by molar-refractivity contribution is -0.142. The van der Waals surface area contributed by atoms with Gasteiger partial charge in [0.1, 0.15) is 72.7 Å². The molecule has 1 saturated heterocycles. The Morgan fingerprint density at radius 2 is 0.855 bits per heavy atom. The molecule has 110 heavy (non-hydrogen) atoms. The predicted molar refractivity (Wildman–Crippen MR) is 411 cm³/mol. The molecule has 24 N–H and O–H groups in total. The third-order valence-corrected chi connectivity index (χ3v) is 20.5. The second-order valence-electron chi connectivity index (χ2n) is 28.7. The zero-order chi connectivity index (χ0) is 80.5. The average Bonchev–Trinajstić information content (AvgIpc) is 1.63. The maximum absolute atomic E-state index is 15.1. The summed E-state index contributed by atoms with van der Waals surface area (Å²) in [4.78, 5) is 208. The second-order valence-corrected chi connectivity index (χ2v) is 31.2. The number of H-pyrrole nitrogens is 4. The monoisotopic (exact) mass is 1570 g/mol. The fourth-order valence-electron chi connectivity index (χ4n) is 12.2. The normalized spacial score (nSPS) is 23.9. The van der Waals surface area contributed by atoms with Gasteiger partial charge in [0, 0.05) is 95.2 Å². The third kappa shape index (κ3) is 26.4. The first kappa shape index (κ1) is 86.8. The molecule has 36 nitrogen and oxygen atoms in total. The number of fused-ring (bicyclic) bond motifs is 2. The minimum atomic E-state index is -1.92. The molecule has 0 unspecified atom stereocenters. The molecule has 4 aromatic heterocycles. The Balaban J connectivity index is 1.27. The van der Waals surface area contributed by atoms with Gasteiger partial charge in [0.25, 0.3) is 0 Å². The van der Waals surface area contributed by atoms with Gasteiger partial charge in [-0.05, 0) is 79.2 Å². The first-order chi connectivity index (χ1) is 52.2. The summed E-state index contributed by atoms with van der Waals surface area (Å²) in [5.74, 6) is -15.8. The van der Waals surface area contributed by atoms with Crippen molar-refractivity contribution in [3.05, 3.63) is 108 Å². The fraction of sp³-hybridized carbons (Fsp3) is 0.514. The van der Waals surface area contributed by atoms with E-state index in [-0.39, 0.29) is 81.3 Å². The number of para-hydroxylation sites is 2. The van der Waals surface area contributed by atoms with Crippen molar-refractivity contribution in [2.24, 2.45) is 40.9 Å². The van der Waals surface area contributed by atoms with E-state index in [2.05, 4.69) is 93.7 Å². The molecule has 598 valence electrons. The highest BCUT2D eigenvalue weighted by atomic mass is 33.1. The Kier molecular flexibility index (Phi) is 33.1. The van der Waals surface area contributed by atoms with Crippen LogP contribution in [0.5, 0.6) is 0 Å². The van der Waals surface area contributed by atoms with Gasteiger partial charge in [0.05, 0.1) is 25.1 Å². The molecule has 0 aliphatic carbocycles. The molecule has 5 heterocycles. The summed E-state index contributed by atoms with van der Waals surface area (Å²) in [6.45, 7) is 13.6. The molecule has 1 aliphatic rings. The molecule has 12 atom stereocenters. The smallest absolute Gasteiger partial charge is 0.327 e. The van der Waals surface area contributed by atoms with Crippen molar-refractivity contribution in [1.82, 2.24) is 93.7 Å². The third-order valence-electron chi connectivity index (χ3n) is 18.1. The number of carboxylic acid groups (broad SMARTS) is 2. The van der Waals surface area contributed by atoms with Crippen LogP contribution in [0.1, 0.15) is 110 Å². The number of nitrogens with one attached hydrogen (secondary N) is 16. The van der Waals surface area contributed by atoms with Gasteiger partial charge in [-0.3, -0.25) is 62.9 Å². The number of benzene rings is 2. The Morgan fingerprint density at radius 3 is 1.29 bits per heavy atom. The van der Waals surface area contributed by atoms with E-state index in [4.69, 9.17) is 17.2 Å². The Bertz CT molecular complexity index is 4130. The van der Waals surface area contributed by atoms with Crippen LogP contribution in [0.3, 0.4) is 0 Å². The molecular formula is C72H103N21O15S2. The van der Waals surface area contributed by atoms with Crippen LogP contribution in [0.2, 0.25) is 0 Å². The van der Waals surface area contributed by atoms with Crippen molar-refractivity contribution in [1.29, 1.82) is 0 Å². The van der Waals surface area contributed by atoms with E-state index in [9.17, 15) is 67.7 Å². The number of hydrogen-bond donors (Lipinski definition) is 21. The van der Waals surface area contributed by atoms with E-state index in [0.29, 0.717) is 44.3 Å². The molecular weight excluding hydrogens is 1460 g/mol. The number of carboxylic acids is 2. The van der Waals surface area contributed by atoms with Gasteiger partial charge >= 0.3 is 11.9 Å². The molecule has 11 amide bonds. The van der Waals surface area contributed by atoms with Crippen molar-refractivity contribution < 1.29 is 72.5 Å². The number of amides is 11.